The molecule has 1 aliphatic heterocycles. The quantitative estimate of drug-likeness (QED) is 0.591. The molecule has 0 aromatic heterocycles. The number of carbonyl (C=O) groups is 1. The van der Waals surface area contributed by atoms with Gasteiger partial charge in [-0.05, 0) is 59.3 Å². The van der Waals surface area contributed by atoms with Crippen LogP contribution in [-0.2, 0) is 6.42 Å². The second-order valence-corrected chi connectivity index (χ2v) is 5.96. The van der Waals surface area contributed by atoms with Crippen LogP contribution in [0.3, 0.4) is 0 Å². The fourth-order valence-electron chi connectivity index (χ4n) is 2.50. The highest BCUT2D eigenvalue weighted by molar-refractivity contribution is 14.1. The van der Waals surface area contributed by atoms with Crippen LogP contribution in [-0.4, -0.2) is 17.6 Å². The van der Waals surface area contributed by atoms with Crippen molar-refractivity contribution in [1.82, 2.24) is 0 Å². The van der Waals surface area contributed by atoms with E-state index in [-0.39, 0.29) is 11.7 Å². The standard InChI is InChI=1S/C15H13IN2O2/c16-9-4-5-14(19)11(8-9)15(20)18-7-6-10-12(17)2-1-3-13(10)18/h1-5,8,19H,6-7,17H2. The average Bonchev–Trinajstić information content (AvgIpc) is 2.86. The van der Waals surface area contributed by atoms with E-state index >= 15 is 0 Å². The molecule has 1 heterocycles. The van der Waals surface area contributed by atoms with Crippen LogP contribution in [0.5, 0.6) is 5.75 Å². The zero-order chi connectivity index (χ0) is 14.3. The van der Waals surface area contributed by atoms with E-state index in [1.54, 1.807) is 23.1 Å². The summed E-state index contributed by atoms with van der Waals surface area (Å²) in [7, 11) is 0. The maximum atomic E-state index is 12.6. The van der Waals surface area contributed by atoms with Crippen LogP contribution in [0.1, 0.15) is 15.9 Å². The minimum absolute atomic E-state index is 0.00719. The monoisotopic (exact) mass is 380 g/mol. The highest BCUT2D eigenvalue weighted by atomic mass is 127. The Kier molecular flexibility index (Phi) is 3.29. The zero-order valence-corrected chi connectivity index (χ0v) is 12.8. The lowest BCUT2D eigenvalue weighted by molar-refractivity contribution is 0.0987. The van der Waals surface area contributed by atoms with E-state index in [4.69, 9.17) is 5.73 Å². The number of amides is 1. The molecule has 0 saturated carbocycles. The number of aromatic hydroxyl groups is 1. The second kappa shape index (κ2) is 4.97. The summed E-state index contributed by atoms with van der Waals surface area (Å²) < 4.78 is 0.913. The Bertz CT molecular complexity index is 700. The maximum Gasteiger partial charge on any atom is 0.262 e. The largest absolute Gasteiger partial charge is 0.507 e. The average molecular weight is 380 g/mol. The van der Waals surface area contributed by atoms with Crippen molar-refractivity contribution >= 4 is 39.9 Å². The van der Waals surface area contributed by atoms with Crippen LogP contribution in [0, 0.1) is 3.57 Å². The molecule has 0 saturated heterocycles. The highest BCUT2D eigenvalue weighted by Crippen LogP contribution is 2.34. The van der Waals surface area contributed by atoms with Gasteiger partial charge in [0.2, 0.25) is 0 Å². The molecule has 0 atom stereocenters. The number of nitrogens with two attached hydrogens (primary N) is 1. The smallest absolute Gasteiger partial charge is 0.262 e. The van der Waals surface area contributed by atoms with Crippen molar-refractivity contribution in [3.63, 3.8) is 0 Å². The Labute approximate surface area is 130 Å². The van der Waals surface area contributed by atoms with Gasteiger partial charge in [-0.15, -0.1) is 0 Å². The molecular formula is C15H13IN2O2. The molecule has 0 radical (unpaired) electrons. The van der Waals surface area contributed by atoms with Gasteiger partial charge >= 0.3 is 0 Å². The molecule has 2 aromatic rings. The second-order valence-electron chi connectivity index (χ2n) is 4.71. The number of benzene rings is 2. The number of phenols is 1. The lowest BCUT2D eigenvalue weighted by atomic mass is 10.1. The normalized spacial score (nSPS) is 13.3. The van der Waals surface area contributed by atoms with Gasteiger partial charge in [-0.2, -0.15) is 0 Å². The number of nitrogen functional groups attached to an aromatic ring is 1. The molecule has 1 amide bonds. The summed E-state index contributed by atoms with van der Waals surface area (Å²) in [5.74, 6) is -0.182. The van der Waals surface area contributed by atoms with Gasteiger partial charge in [-0.25, -0.2) is 0 Å². The van der Waals surface area contributed by atoms with Gasteiger partial charge in [-0.1, -0.05) is 6.07 Å². The number of fused-ring (bicyclic) bond motifs is 1. The van der Waals surface area contributed by atoms with E-state index < -0.39 is 0 Å². The summed E-state index contributed by atoms with van der Waals surface area (Å²) in [6, 6.07) is 10.6. The van der Waals surface area contributed by atoms with Gasteiger partial charge in [-0.3, -0.25) is 4.79 Å². The summed E-state index contributed by atoms with van der Waals surface area (Å²) in [4.78, 5) is 14.3. The van der Waals surface area contributed by atoms with Crippen LogP contribution in [0.15, 0.2) is 36.4 Å². The van der Waals surface area contributed by atoms with Crippen LogP contribution < -0.4 is 10.6 Å². The lowest BCUT2D eigenvalue weighted by Crippen LogP contribution is -2.29. The summed E-state index contributed by atoms with van der Waals surface area (Å²) >= 11 is 2.12. The number of hydrogen-bond donors (Lipinski definition) is 2. The Morgan fingerprint density at radius 3 is 2.90 bits per heavy atom. The van der Waals surface area contributed by atoms with Crippen molar-refractivity contribution in [2.24, 2.45) is 0 Å². The molecule has 20 heavy (non-hydrogen) atoms. The topological polar surface area (TPSA) is 66.6 Å². The maximum absolute atomic E-state index is 12.6. The third kappa shape index (κ3) is 2.11. The van der Waals surface area contributed by atoms with E-state index in [1.165, 1.54) is 0 Å². The number of halogens is 1. The number of hydrogen-bond acceptors (Lipinski definition) is 3. The number of anilines is 2. The Morgan fingerprint density at radius 2 is 2.10 bits per heavy atom. The highest BCUT2D eigenvalue weighted by Gasteiger charge is 2.28. The van der Waals surface area contributed by atoms with E-state index in [9.17, 15) is 9.90 Å². The van der Waals surface area contributed by atoms with Crippen LogP contribution in [0.2, 0.25) is 0 Å². The molecule has 2 aromatic carbocycles. The molecule has 0 fully saturated rings. The lowest BCUT2D eigenvalue weighted by Gasteiger charge is -2.18. The fraction of sp³-hybridized carbons (Fsp3) is 0.133. The Morgan fingerprint density at radius 1 is 1.30 bits per heavy atom. The van der Waals surface area contributed by atoms with Crippen molar-refractivity contribution in [2.75, 3.05) is 17.2 Å². The zero-order valence-electron chi connectivity index (χ0n) is 10.6. The first kappa shape index (κ1) is 13.2. The molecule has 3 rings (SSSR count). The molecule has 1 aliphatic rings. The molecule has 3 N–H and O–H groups in total. The molecular weight excluding hydrogens is 367 g/mol. The van der Waals surface area contributed by atoms with Gasteiger partial charge in [0.25, 0.3) is 5.91 Å². The Balaban J connectivity index is 2.02. The van der Waals surface area contributed by atoms with Gasteiger partial charge < -0.3 is 15.7 Å². The molecule has 0 unspecified atom stereocenters. The summed E-state index contributed by atoms with van der Waals surface area (Å²) in [6.45, 7) is 0.591. The van der Waals surface area contributed by atoms with Crippen LogP contribution in [0.25, 0.3) is 0 Å². The van der Waals surface area contributed by atoms with Crippen molar-refractivity contribution < 1.29 is 9.90 Å². The molecule has 102 valence electrons. The van der Waals surface area contributed by atoms with Crippen molar-refractivity contribution in [1.29, 1.82) is 0 Å². The first-order valence-corrected chi connectivity index (χ1v) is 7.33. The van der Waals surface area contributed by atoms with E-state index in [2.05, 4.69) is 22.6 Å². The summed E-state index contributed by atoms with van der Waals surface area (Å²) in [6.07, 6.45) is 0.748. The summed E-state index contributed by atoms with van der Waals surface area (Å²) in [5.41, 5.74) is 8.82. The molecule has 0 bridgehead atoms. The van der Waals surface area contributed by atoms with Crippen molar-refractivity contribution in [3.8, 4) is 5.75 Å². The van der Waals surface area contributed by atoms with E-state index in [1.807, 2.05) is 18.2 Å². The van der Waals surface area contributed by atoms with Crippen molar-refractivity contribution in [3.05, 3.63) is 51.1 Å². The minimum Gasteiger partial charge on any atom is -0.507 e. The minimum atomic E-state index is -0.189. The predicted molar refractivity (Wildman–Crippen MR) is 87.1 cm³/mol. The van der Waals surface area contributed by atoms with Gasteiger partial charge in [0.05, 0.1) is 5.56 Å². The third-order valence-corrected chi connectivity index (χ3v) is 4.17. The van der Waals surface area contributed by atoms with Crippen molar-refractivity contribution in [2.45, 2.75) is 6.42 Å². The predicted octanol–water partition coefficient (Wildman–Crippen LogP) is 2.78. The summed E-state index contributed by atoms with van der Waals surface area (Å²) in [5, 5.41) is 9.89. The van der Waals surface area contributed by atoms with Gasteiger partial charge in [0, 0.05) is 27.1 Å². The van der Waals surface area contributed by atoms with Gasteiger partial charge in [0.1, 0.15) is 5.75 Å². The molecule has 5 heteroatoms. The van der Waals surface area contributed by atoms with Crippen LogP contribution >= 0.6 is 22.6 Å². The molecule has 4 nitrogen and oxygen atoms in total. The number of phenolic OH excluding ortho intramolecular Hbond substituents is 1. The number of nitrogens with zero attached hydrogens (tertiary/aromatic N) is 1. The number of rotatable bonds is 1. The van der Waals surface area contributed by atoms with Crippen LogP contribution in [0.4, 0.5) is 11.4 Å². The van der Waals surface area contributed by atoms with E-state index in [0.29, 0.717) is 17.8 Å². The molecule has 0 spiro atoms. The van der Waals surface area contributed by atoms with E-state index in [0.717, 1.165) is 21.2 Å². The SMILES string of the molecule is Nc1cccc2c1CCN2C(=O)c1cc(I)ccc1O. The third-order valence-electron chi connectivity index (χ3n) is 3.50. The fourth-order valence-corrected chi connectivity index (χ4v) is 2.99. The Hall–Kier alpha value is -1.76. The first-order chi connectivity index (χ1) is 9.58. The first-order valence-electron chi connectivity index (χ1n) is 6.25. The molecule has 0 aliphatic carbocycles. The van der Waals surface area contributed by atoms with Gasteiger partial charge in [0.15, 0.2) is 0 Å². The number of carbonyl (C=O) groups excluding carboxylic acids is 1.